The third kappa shape index (κ3) is 2.33. The van der Waals surface area contributed by atoms with Crippen LogP contribution in [0.1, 0.15) is 5.56 Å². The lowest BCUT2D eigenvalue weighted by atomic mass is 10.2. The van der Waals surface area contributed by atoms with Gasteiger partial charge in [0.1, 0.15) is 0 Å². The summed E-state index contributed by atoms with van der Waals surface area (Å²) in [5, 5.41) is 0. The first-order valence-corrected chi connectivity index (χ1v) is 4.39. The van der Waals surface area contributed by atoms with Crippen molar-refractivity contribution >= 4 is 0 Å². The number of rotatable bonds is 1. The minimum atomic E-state index is 0. The number of aromatic nitrogens is 1. The van der Waals surface area contributed by atoms with Crippen molar-refractivity contribution < 1.29 is 17.0 Å². The molecule has 0 radical (unpaired) electrons. The number of hydrogen-bond acceptors (Lipinski definition) is 0. The molecule has 0 spiro atoms. The summed E-state index contributed by atoms with van der Waals surface area (Å²) in [5.41, 5.74) is 2.49. The van der Waals surface area contributed by atoms with Crippen LogP contribution < -0.4 is 17.0 Å². The number of hydrogen-bond donors (Lipinski definition) is 0. The van der Waals surface area contributed by atoms with E-state index < -0.39 is 0 Å². The minimum absolute atomic E-state index is 0. The Labute approximate surface area is 90.4 Å². The summed E-state index contributed by atoms with van der Waals surface area (Å²) in [7, 11) is 0. The summed E-state index contributed by atoms with van der Waals surface area (Å²) in [4.78, 5) is 0. The average Bonchev–Trinajstić information content (AvgIpc) is 2.19. The van der Waals surface area contributed by atoms with Crippen LogP contribution in [0.3, 0.4) is 0 Å². The van der Waals surface area contributed by atoms with Gasteiger partial charge in [0.05, 0.1) is 0 Å². The van der Waals surface area contributed by atoms with Crippen LogP contribution in [0.5, 0.6) is 0 Å². The molecule has 1 nitrogen and oxygen atoms in total. The fourth-order valence-corrected chi connectivity index (χ4v) is 1.36. The summed E-state index contributed by atoms with van der Waals surface area (Å²) in [6.45, 7) is 2.10. The molecule has 0 unspecified atom stereocenters. The molecule has 0 bridgehead atoms. The zero-order valence-electron chi connectivity index (χ0n) is 8.02. The topological polar surface area (TPSA) is 3.88 Å². The van der Waals surface area contributed by atoms with Gasteiger partial charge < -0.3 is 12.4 Å². The summed E-state index contributed by atoms with van der Waals surface area (Å²) in [5.74, 6) is 0. The molecule has 0 saturated carbocycles. The fourth-order valence-electron chi connectivity index (χ4n) is 1.36. The Hall–Kier alpha value is -1.34. The van der Waals surface area contributed by atoms with Crippen molar-refractivity contribution in [3.8, 4) is 5.69 Å². The summed E-state index contributed by atoms with van der Waals surface area (Å²) >= 11 is 0. The van der Waals surface area contributed by atoms with E-state index in [-0.39, 0.29) is 12.4 Å². The molecule has 1 aromatic carbocycles. The first-order valence-electron chi connectivity index (χ1n) is 4.39. The van der Waals surface area contributed by atoms with E-state index in [4.69, 9.17) is 0 Å². The van der Waals surface area contributed by atoms with Crippen LogP contribution >= 0.6 is 0 Å². The Morgan fingerprint density at radius 2 is 1.64 bits per heavy atom. The number of nitrogens with zero attached hydrogens (tertiary/aromatic N) is 1. The van der Waals surface area contributed by atoms with Crippen molar-refractivity contribution in [1.29, 1.82) is 0 Å². The van der Waals surface area contributed by atoms with Gasteiger partial charge in [0.2, 0.25) is 5.69 Å². The second-order valence-electron chi connectivity index (χ2n) is 3.12. The maximum absolute atomic E-state index is 2.17. The van der Waals surface area contributed by atoms with E-state index in [9.17, 15) is 0 Å². The van der Waals surface area contributed by atoms with Gasteiger partial charge in [-0.25, -0.2) is 0 Å². The second kappa shape index (κ2) is 4.77. The highest BCUT2D eigenvalue weighted by molar-refractivity contribution is 5.27. The summed E-state index contributed by atoms with van der Waals surface area (Å²) < 4.78 is 2.10. The molecule has 0 atom stereocenters. The number of aryl methyl sites for hydroxylation is 1. The minimum Gasteiger partial charge on any atom is -1.00 e. The van der Waals surface area contributed by atoms with Crippen LogP contribution in [0.2, 0.25) is 0 Å². The first-order chi connectivity index (χ1) is 6.36. The van der Waals surface area contributed by atoms with E-state index >= 15 is 0 Å². The smallest absolute Gasteiger partial charge is 0.210 e. The van der Waals surface area contributed by atoms with Crippen LogP contribution in [0.4, 0.5) is 0 Å². The SMILES string of the molecule is Cc1cccc(-[n+]2ccccc2)c1.[Cl-]. The van der Waals surface area contributed by atoms with Gasteiger partial charge in [-0.1, -0.05) is 18.2 Å². The molecule has 0 N–H and O–H groups in total. The Morgan fingerprint density at radius 1 is 0.929 bits per heavy atom. The van der Waals surface area contributed by atoms with Crippen molar-refractivity contribution in [1.82, 2.24) is 0 Å². The molecule has 1 aromatic heterocycles. The monoisotopic (exact) mass is 205 g/mol. The zero-order valence-corrected chi connectivity index (χ0v) is 8.78. The van der Waals surface area contributed by atoms with E-state index in [1.165, 1.54) is 11.3 Å². The molecular formula is C12H12ClN. The molecule has 72 valence electrons. The van der Waals surface area contributed by atoms with E-state index in [1.54, 1.807) is 0 Å². The van der Waals surface area contributed by atoms with Gasteiger partial charge in [-0.3, -0.25) is 0 Å². The van der Waals surface area contributed by atoms with Crippen LogP contribution in [-0.4, -0.2) is 0 Å². The van der Waals surface area contributed by atoms with Crippen LogP contribution in [-0.2, 0) is 0 Å². The standard InChI is InChI=1S/C12H12N.ClH/c1-11-6-5-7-12(10-11)13-8-3-2-4-9-13;/h2-10H,1H3;1H/q+1;/p-1. The lowest BCUT2D eigenvalue weighted by molar-refractivity contribution is -0.595. The van der Waals surface area contributed by atoms with Gasteiger partial charge in [-0.2, -0.15) is 4.57 Å². The van der Waals surface area contributed by atoms with Gasteiger partial charge in [0, 0.05) is 24.3 Å². The number of halogens is 1. The van der Waals surface area contributed by atoms with E-state index in [1.807, 2.05) is 18.2 Å². The van der Waals surface area contributed by atoms with Gasteiger partial charge in [-0.05, 0) is 12.5 Å². The van der Waals surface area contributed by atoms with Crippen LogP contribution in [0, 0.1) is 6.92 Å². The zero-order chi connectivity index (χ0) is 9.10. The van der Waals surface area contributed by atoms with Crippen molar-refractivity contribution in [3.63, 3.8) is 0 Å². The summed E-state index contributed by atoms with van der Waals surface area (Å²) in [6, 6.07) is 14.5. The average molecular weight is 206 g/mol. The van der Waals surface area contributed by atoms with Gasteiger partial charge in [-0.15, -0.1) is 0 Å². The highest BCUT2D eigenvalue weighted by atomic mass is 35.5. The Bertz CT molecular complexity index is 398. The molecule has 1 heterocycles. The molecule has 0 aliphatic heterocycles. The molecular weight excluding hydrogens is 194 g/mol. The molecule has 2 aromatic rings. The number of benzene rings is 1. The summed E-state index contributed by atoms with van der Waals surface area (Å²) in [6.07, 6.45) is 4.10. The van der Waals surface area contributed by atoms with Crippen molar-refractivity contribution in [2.24, 2.45) is 0 Å². The molecule has 0 aliphatic rings. The second-order valence-corrected chi connectivity index (χ2v) is 3.12. The maximum Gasteiger partial charge on any atom is 0.210 e. The van der Waals surface area contributed by atoms with E-state index in [0.29, 0.717) is 0 Å². The Kier molecular flexibility index (Phi) is 3.66. The van der Waals surface area contributed by atoms with E-state index in [2.05, 4.69) is 48.1 Å². The largest absolute Gasteiger partial charge is 1.00 e. The van der Waals surface area contributed by atoms with Crippen LogP contribution in [0.15, 0.2) is 54.9 Å². The van der Waals surface area contributed by atoms with Gasteiger partial charge in [0.15, 0.2) is 12.4 Å². The Balaban J connectivity index is 0.000000980. The van der Waals surface area contributed by atoms with Crippen LogP contribution in [0.25, 0.3) is 5.69 Å². The quantitative estimate of drug-likeness (QED) is 0.541. The van der Waals surface area contributed by atoms with Crippen molar-refractivity contribution in [2.45, 2.75) is 6.92 Å². The predicted octanol–water partition coefficient (Wildman–Crippen LogP) is -0.724. The third-order valence-corrected chi connectivity index (χ3v) is 2.02. The highest BCUT2D eigenvalue weighted by Crippen LogP contribution is 2.02. The third-order valence-electron chi connectivity index (χ3n) is 2.02. The molecule has 0 fully saturated rings. The first kappa shape index (κ1) is 10.7. The Morgan fingerprint density at radius 3 is 2.29 bits per heavy atom. The molecule has 14 heavy (non-hydrogen) atoms. The molecule has 2 rings (SSSR count). The molecule has 0 saturated heterocycles. The molecule has 0 amide bonds. The van der Waals surface area contributed by atoms with Crippen molar-refractivity contribution in [2.75, 3.05) is 0 Å². The number of pyridine rings is 1. The molecule has 0 aliphatic carbocycles. The lowest BCUT2D eigenvalue weighted by Crippen LogP contribution is -3.00. The van der Waals surface area contributed by atoms with Crippen molar-refractivity contribution in [3.05, 3.63) is 60.4 Å². The highest BCUT2D eigenvalue weighted by Gasteiger charge is 2.01. The van der Waals surface area contributed by atoms with E-state index in [0.717, 1.165) is 0 Å². The van der Waals surface area contributed by atoms with Gasteiger partial charge >= 0.3 is 0 Å². The van der Waals surface area contributed by atoms with Gasteiger partial charge in [0.25, 0.3) is 0 Å². The fraction of sp³-hybridized carbons (Fsp3) is 0.0833. The predicted molar refractivity (Wildman–Crippen MR) is 52.7 cm³/mol. The normalized spacial score (nSPS) is 9.21. The lowest BCUT2D eigenvalue weighted by Gasteiger charge is -1.95. The maximum atomic E-state index is 2.17. The molecule has 2 heteroatoms.